The van der Waals surface area contributed by atoms with Crippen LogP contribution in [0.5, 0.6) is 17.4 Å². The zero-order valence-electron chi connectivity index (χ0n) is 14.9. The molecule has 5 aromatic rings. The van der Waals surface area contributed by atoms with Crippen molar-refractivity contribution in [2.75, 3.05) is 0 Å². The molecule has 0 aliphatic rings. The van der Waals surface area contributed by atoms with Crippen molar-refractivity contribution < 1.29 is 9.84 Å². The average Bonchev–Trinajstić information content (AvgIpc) is 2.74. The van der Waals surface area contributed by atoms with Gasteiger partial charge in [0.1, 0.15) is 11.5 Å². The van der Waals surface area contributed by atoms with E-state index < -0.39 is 0 Å². The second-order valence-electron chi connectivity index (χ2n) is 6.50. The molecule has 134 valence electrons. The van der Waals surface area contributed by atoms with Gasteiger partial charge in [0, 0.05) is 0 Å². The number of para-hydroxylation sites is 2. The fraction of sp³-hybridized carbons (Fsp3) is 0. The Kier molecular flexibility index (Phi) is 3.87. The Balaban J connectivity index is 1.66. The van der Waals surface area contributed by atoms with Gasteiger partial charge in [0.25, 0.3) is 0 Å². The molecule has 4 aromatic carbocycles. The van der Waals surface area contributed by atoms with Crippen molar-refractivity contribution in [2.45, 2.75) is 0 Å². The Morgan fingerprint density at radius 3 is 2.32 bits per heavy atom. The summed E-state index contributed by atoms with van der Waals surface area (Å²) in [5.41, 5.74) is 1.32. The van der Waals surface area contributed by atoms with E-state index in [0.29, 0.717) is 23.0 Å². The number of ether oxygens (including phenoxy) is 1. The van der Waals surface area contributed by atoms with Crippen molar-refractivity contribution in [3.63, 3.8) is 0 Å². The van der Waals surface area contributed by atoms with Crippen LogP contribution in [0.4, 0.5) is 0 Å². The third-order valence-electron chi connectivity index (χ3n) is 4.65. The van der Waals surface area contributed by atoms with Crippen LogP contribution in [-0.2, 0) is 0 Å². The third kappa shape index (κ3) is 2.91. The predicted molar refractivity (Wildman–Crippen MR) is 111 cm³/mol. The van der Waals surface area contributed by atoms with Gasteiger partial charge in [-0.1, -0.05) is 54.6 Å². The number of phenolic OH excluding ortho intramolecular Hbond substituents is 1. The fourth-order valence-corrected chi connectivity index (χ4v) is 3.25. The Bertz CT molecular complexity index is 1310. The van der Waals surface area contributed by atoms with E-state index in [-0.39, 0.29) is 5.75 Å². The summed E-state index contributed by atoms with van der Waals surface area (Å²) >= 11 is 0. The molecule has 0 saturated heterocycles. The molecule has 1 N–H and O–H groups in total. The Morgan fingerprint density at radius 1 is 0.679 bits per heavy atom. The molecule has 0 aliphatic carbocycles. The molecule has 28 heavy (non-hydrogen) atoms. The summed E-state index contributed by atoms with van der Waals surface area (Å²) in [6.45, 7) is 0. The molecule has 4 nitrogen and oxygen atoms in total. The number of fused-ring (bicyclic) bond motifs is 2. The lowest BCUT2D eigenvalue weighted by Crippen LogP contribution is -1.96. The van der Waals surface area contributed by atoms with Gasteiger partial charge in [0.15, 0.2) is 5.82 Å². The first-order chi connectivity index (χ1) is 13.8. The Morgan fingerprint density at radius 2 is 1.43 bits per heavy atom. The summed E-state index contributed by atoms with van der Waals surface area (Å²) in [6, 6.07) is 28.8. The van der Waals surface area contributed by atoms with Gasteiger partial charge in [-0.2, -0.15) is 4.98 Å². The van der Waals surface area contributed by atoms with Gasteiger partial charge in [-0.25, -0.2) is 4.98 Å². The number of rotatable bonds is 3. The van der Waals surface area contributed by atoms with Crippen molar-refractivity contribution in [2.24, 2.45) is 0 Å². The number of aromatic hydroxyl groups is 1. The van der Waals surface area contributed by atoms with E-state index in [4.69, 9.17) is 4.74 Å². The molecule has 0 amide bonds. The molecule has 0 spiro atoms. The monoisotopic (exact) mass is 364 g/mol. The van der Waals surface area contributed by atoms with E-state index in [9.17, 15) is 5.11 Å². The molecule has 0 unspecified atom stereocenters. The molecule has 1 aromatic heterocycles. The van der Waals surface area contributed by atoms with E-state index in [1.165, 1.54) is 0 Å². The first-order valence-electron chi connectivity index (χ1n) is 9.00. The Labute approximate surface area is 161 Å². The van der Waals surface area contributed by atoms with Gasteiger partial charge >= 0.3 is 0 Å². The van der Waals surface area contributed by atoms with E-state index in [0.717, 1.165) is 21.7 Å². The zero-order valence-corrected chi connectivity index (χ0v) is 14.9. The number of benzene rings is 4. The van der Waals surface area contributed by atoms with Gasteiger partial charge in [-0.15, -0.1) is 0 Å². The quantitative estimate of drug-likeness (QED) is 0.430. The number of nitrogens with zero attached hydrogens (tertiary/aromatic N) is 2. The average molecular weight is 364 g/mol. The summed E-state index contributed by atoms with van der Waals surface area (Å²) in [6.07, 6.45) is 0. The van der Waals surface area contributed by atoms with Crippen LogP contribution >= 0.6 is 0 Å². The molecule has 5 rings (SSSR count). The summed E-state index contributed by atoms with van der Waals surface area (Å²) in [5, 5.41) is 13.3. The lowest BCUT2D eigenvalue weighted by Gasteiger charge is -2.11. The minimum absolute atomic E-state index is 0.134. The maximum atomic E-state index is 10.2. The van der Waals surface area contributed by atoms with Crippen LogP contribution in [0.1, 0.15) is 0 Å². The third-order valence-corrected chi connectivity index (χ3v) is 4.65. The van der Waals surface area contributed by atoms with E-state index >= 15 is 0 Å². The minimum Gasteiger partial charge on any atom is -0.507 e. The van der Waals surface area contributed by atoms with Crippen LogP contribution in [0.2, 0.25) is 0 Å². The Hall–Kier alpha value is -3.92. The van der Waals surface area contributed by atoms with Crippen LogP contribution in [0, 0.1) is 0 Å². The van der Waals surface area contributed by atoms with E-state index in [2.05, 4.69) is 16.0 Å². The summed E-state index contributed by atoms with van der Waals surface area (Å²) in [7, 11) is 0. The maximum absolute atomic E-state index is 10.2. The second-order valence-corrected chi connectivity index (χ2v) is 6.50. The van der Waals surface area contributed by atoms with Gasteiger partial charge in [0.2, 0.25) is 5.88 Å². The van der Waals surface area contributed by atoms with Crippen molar-refractivity contribution in [3.05, 3.63) is 91.0 Å². The summed E-state index contributed by atoms with van der Waals surface area (Å²) in [4.78, 5) is 9.22. The zero-order chi connectivity index (χ0) is 18.9. The molecule has 4 heteroatoms. The van der Waals surface area contributed by atoms with Crippen molar-refractivity contribution >= 4 is 21.7 Å². The molecule has 0 fully saturated rings. The highest BCUT2D eigenvalue weighted by Crippen LogP contribution is 2.33. The van der Waals surface area contributed by atoms with Crippen molar-refractivity contribution in [3.8, 4) is 28.8 Å². The first kappa shape index (κ1) is 16.3. The van der Waals surface area contributed by atoms with Crippen LogP contribution < -0.4 is 4.74 Å². The smallest absolute Gasteiger partial charge is 0.230 e. The van der Waals surface area contributed by atoms with E-state index in [1.54, 1.807) is 18.2 Å². The maximum Gasteiger partial charge on any atom is 0.230 e. The highest BCUT2D eigenvalue weighted by Gasteiger charge is 2.13. The highest BCUT2D eigenvalue weighted by molar-refractivity contribution is 5.87. The SMILES string of the molecule is Oc1ccccc1-c1nc(Oc2ccc3ccccc3c2)c2ccccc2n1. The standard InChI is InChI=1S/C24H16N2O2/c27-22-12-6-4-10-20(22)23-25-21-11-5-3-9-19(21)24(26-23)28-18-14-13-16-7-1-2-8-17(16)15-18/h1-15,27H. The molecule has 0 saturated carbocycles. The number of aromatic nitrogens is 2. The van der Waals surface area contributed by atoms with E-state index in [1.807, 2.05) is 66.7 Å². The molecular formula is C24H16N2O2. The second kappa shape index (κ2) is 6.67. The molecule has 0 radical (unpaired) electrons. The number of hydrogen-bond acceptors (Lipinski definition) is 4. The first-order valence-corrected chi connectivity index (χ1v) is 9.00. The van der Waals surface area contributed by atoms with Gasteiger partial charge in [-0.05, 0) is 47.2 Å². The molecule has 0 bridgehead atoms. The highest BCUT2D eigenvalue weighted by atomic mass is 16.5. The van der Waals surface area contributed by atoms with Gasteiger partial charge in [-0.3, -0.25) is 0 Å². The van der Waals surface area contributed by atoms with Gasteiger partial charge < -0.3 is 9.84 Å². The van der Waals surface area contributed by atoms with Gasteiger partial charge in [0.05, 0.1) is 16.5 Å². The fourth-order valence-electron chi connectivity index (χ4n) is 3.25. The topological polar surface area (TPSA) is 55.2 Å². The van der Waals surface area contributed by atoms with Crippen LogP contribution in [-0.4, -0.2) is 15.1 Å². The predicted octanol–water partition coefficient (Wildman–Crippen LogP) is 5.95. The lowest BCUT2D eigenvalue weighted by atomic mass is 10.1. The summed E-state index contributed by atoms with van der Waals surface area (Å²) in [5.74, 6) is 1.71. The normalized spacial score (nSPS) is 11.0. The van der Waals surface area contributed by atoms with Crippen LogP contribution in [0.3, 0.4) is 0 Å². The number of phenols is 1. The molecule has 0 aliphatic heterocycles. The largest absolute Gasteiger partial charge is 0.507 e. The number of hydrogen-bond donors (Lipinski definition) is 1. The van der Waals surface area contributed by atoms with Crippen LogP contribution in [0.15, 0.2) is 91.0 Å². The lowest BCUT2D eigenvalue weighted by molar-refractivity contribution is 0.468. The summed E-state index contributed by atoms with van der Waals surface area (Å²) < 4.78 is 6.17. The van der Waals surface area contributed by atoms with Crippen LogP contribution in [0.25, 0.3) is 33.1 Å². The molecular weight excluding hydrogens is 348 g/mol. The van der Waals surface area contributed by atoms with Crippen molar-refractivity contribution in [1.29, 1.82) is 0 Å². The molecule has 1 heterocycles. The molecule has 0 atom stereocenters. The minimum atomic E-state index is 0.134. The van der Waals surface area contributed by atoms with Crippen molar-refractivity contribution in [1.82, 2.24) is 9.97 Å².